The first-order valence-electron chi connectivity index (χ1n) is 5.76. The topological polar surface area (TPSA) is 38.7 Å². The standard InChI is InChI=1S/C11H20O3/c12-10-5-4-9(7-10)8-14-11-3-1-2-6-13-11/h9-12H,1-8H2. The number of hydrogen-bond acceptors (Lipinski definition) is 3. The summed E-state index contributed by atoms with van der Waals surface area (Å²) in [5.74, 6) is 0.551. The van der Waals surface area contributed by atoms with Crippen LogP contribution in [0.3, 0.4) is 0 Å². The molecule has 2 rings (SSSR count). The van der Waals surface area contributed by atoms with Crippen LogP contribution in [0, 0.1) is 5.92 Å². The van der Waals surface area contributed by atoms with E-state index >= 15 is 0 Å². The molecule has 0 aromatic heterocycles. The van der Waals surface area contributed by atoms with Crippen molar-refractivity contribution in [3.8, 4) is 0 Å². The lowest BCUT2D eigenvalue weighted by molar-refractivity contribution is -0.168. The zero-order chi connectivity index (χ0) is 9.80. The second kappa shape index (κ2) is 5.10. The summed E-state index contributed by atoms with van der Waals surface area (Å²) in [6, 6.07) is 0. The van der Waals surface area contributed by atoms with E-state index in [4.69, 9.17) is 9.47 Å². The van der Waals surface area contributed by atoms with E-state index in [1.807, 2.05) is 0 Å². The summed E-state index contributed by atoms with van der Waals surface area (Å²) in [5.41, 5.74) is 0. The largest absolute Gasteiger partial charge is 0.393 e. The number of aliphatic hydroxyl groups excluding tert-OH is 1. The minimum absolute atomic E-state index is 0.0292. The van der Waals surface area contributed by atoms with E-state index in [0.717, 1.165) is 38.9 Å². The zero-order valence-corrected chi connectivity index (χ0v) is 8.65. The van der Waals surface area contributed by atoms with Crippen molar-refractivity contribution in [1.82, 2.24) is 0 Å². The summed E-state index contributed by atoms with van der Waals surface area (Å²) in [5, 5.41) is 9.35. The fourth-order valence-corrected chi connectivity index (χ4v) is 2.29. The Balaban J connectivity index is 1.61. The van der Waals surface area contributed by atoms with Crippen LogP contribution in [0.2, 0.25) is 0 Å². The molecule has 0 aromatic carbocycles. The van der Waals surface area contributed by atoms with Crippen LogP contribution in [0.4, 0.5) is 0 Å². The molecule has 0 bridgehead atoms. The molecule has 0 amide bonds. The van der Waals surface area contributed by atoms with Crippen molar-refractivity contribution in [1.29, 1.82) is 0 Å². The molecule has 0 spiro atoms. The molecule has 0 radical (unpaired) electrons. The molecule has 1 aliphatic heterocycles. The van der Waals surface area contributed by atoms with E-state index in [1.54, 1.807) is 0 Å². The molecule has 1 aliphatic carbocycles. The first-order valence-corrected chi connectivity index (χ1v) is 5.76. The van der Waals surface area contributed by atoms with E-state index in [-0.39, 0.29) is 12.4 Å². The Morgan fingerprint density at radius 1 is 1.21 bits per heavy atom. The molecule has 1 saturated heterocycles. The highest BCUT2D eigenvalue weighted by atomic mass is 16.7. The monoisotopic (exact) mass is 200 g/mol. The molecule has 14 heavy (non-hydrogen) atoms. The van der Waals surface area contributed by atoms with Crippen molar-refractivity contribution in [3.05, 3.63) is 0 Å². The number of rotatable bonds is 3. The Bertz CT molecular complexity index is 161. The van der Waals surface area contributed by atoms with Gasteiger partial charge >= 0.3 is 0 Å². The quantitative estimate of drug-likeness (QED) is 0.753. The Labute approximate surface area is 85.4 Å². The van der Waals surface area contributed by atoms with E-state index in [2.05, 4.69) is 0 Å². The molecule has 1 saturated carbocycles. The lowest BCUT2D eigenvalue weighted by Gasteiger charge is -2.24. The fraction of sp³-hybridized carbons (Fsp3) is 1.00. The summed E-state index contributed by atoms with van der Waals surface area (Å²) in [7, 11) is 0. The lowest BCUT2D eigenvalue weighted by atomic mass is 10.1. The van der Waals surface area contributed by atoms with Crippen molar-refractivity contribution in [2.45, 2.75) is 50.9 Å². The highest BCUT2D eigenvalue weighted by Gasteiger charge is 2.24. The van der Waals surface area contributed by atoms with Gasteiger partial charge in [0.15, 0.2) is 6.29 Å². The molecular weight excluding hydrogens is 180 g/mol. The minimum atomic E-state index is -0.0872. The maximum absolute atomic E-state index is 9.35. The summed E-state index contributed by atoms with van der Waals surface area (Å²) < 4.78 is 11.2. The summed E-state index contributed by atoms with van der Waals surface area (Å²) in [6.45, 7) is 1.61. The maximum atomic E-state index is 9.35. The predicted molar refractivity (Wildman–Crippen MR) is 52.9 cm³/mol. The number of hydrogen-bond donors (Lipinski definition) is 1. The van der Waals surface area contributed by atoms with Gasteiger partial charge in [-0.05, 0) is 44.4 Å². The van der Waals surface area contributed by atoms with Crippen LogP contribution in [-0.2, 0) is 9.47 Å². The second-order valence-electron chi connectivity index (χ2n) is 4.46. The Morgan fingerprint density at radius 3 is 2.79 bits per heavy atom. The van der Waals surface area contributed by atoms with Gasteiger partial charge in [0.25, 0.3) is 0 Å². The molecule has 2 aliphatic rings. The number of ether oxygens (including phenoxy) is 2. The molecule has 2 fully saturated rings. The van der Waals surface area contributed by atoms with Gasteiger partial charge in [0.05, 0.1) is 12.7 Å². The normalized spacial score (nSPS) is 38.8. The van der Waals surface area contributed by atoms with Gasteiger partial charge in [-0.25, -0.2) is 0 Å². The molecule has 1 heterocycles. The average molecular weight is 200 g/mol. The van der Waals surface area contributed by atoms with Gasteiger partial charge in [0.1, 0.15) is 0 Å². The van der Waals surface area contributed by atoms with Gasteiger partial charge in [-0.3, -0.25) is 0 Å². The highest BCUT2D eigenvalue weighted by molar-refractivity contribution is 4.74. The first-order chi connectivity index (χ1) is 6.84. The molecule has 0 aromatic rings. The van der Waals surface area contributed by atoms with E-state index in [1.165, 1.54) is 12.8 Å². The summed E-state index contributed by atoms with van der Waals surface area (Å²) in [4.78, 5) is 0. The summed E-state index contributed by atoms with van der Waals surface area (Å²) in [6.07, 6.45) is 6.33. The van der Waals surface area contributed by atoms with Gasteiger partial charge < -0.3 is 14.6 Å². The second-order valence-corrected chi connectivity index (χ2v) is 4.46. The van der Waals surface area contributed by atoms with Crippen molar-refractivity contribution in [3.63, 3.8) is 0 Å². The van der Waals surface area contributed by atoms with Gasteiger partial charge in [-0.1, -0.05) is 0 Å². The third kappa shape index (κ3) is 2.94. The Kier molecular flexibility index (Phi) is 3.79. The van der Waals surface area contributed by atoms with Crippen molar-refractivity contribution in [2.24, 2.45) is 5.92 Å². The summed E-state index contributed by atoms with van der Waals surface area (Å²) >= 11 is 0. The SMILES string of the molecule is OC1CCC(COC2CCCCO2)C1. The number of aliphatic hydroxyl groups is 1. The molecule has 3 unspecified atom stereocenters. The molecule has 82 valence electrons. The van der Waals surface area contributed by atoms with Crippen LogP contribution < -0.4 is 0 Å². The van der Waals surface area contributed by atoms with Crippen LogP contribution in [-0.4, -0.2) is 30.7 Å². The average Bonchev–Trinajstić information content (AvgIpc) is 2.63. The molecular formula is C11H20O3. The van der Waals surface area contributed by atoms with Gasteiger partial charge in [0, 0.05) is 6.61 Å². The van der Waals surface area contributed by atoms with Crippen molar-refractivity contribution >= 4 is 0 Å². The molecule has 3 atom stereocenters. The van der Waals surface area contributed by atoms with Crippen LogP contribution in [0.1, 0.15) is 38.5 Å². The van der Waals surface area contributed by atoms with Gasteiger partial charge in [-0.15, -0.1) is 0 Å². The van der Waals surface area contributed by atoms with Crippen LogP contribution in [0.25, 0.3) is 0 Å². The third-order valence-corrected chi connectivity index (χ3v) is 3.17. The van der Waals surface area contributed by atoms with Crippen LogP contribution in [0.5, 0.6) is 0 Å². The van der Waals surface area contributed by atoms with E-state index < -0.39 is 0 Å². The van der Waals surface area contributed by atoms with Crippen molar-refractivity contribution in [2.75, 3.05) is 13.2 Å². The van der Waals surface area contributed by atoms with E-state index in [0.29, 0.717) is 5.92 Å². The third-order valence-electron chi connectivity index (χ3n) is 3.17. The van der Waals surface area contributed by atoms with Crippen LogP contribution >= 0.6 is 0 Å². The zero-order valence-electron chi connectivity index (χ0n) is 8.65. The Hall–Kier alpha value is -0.120. The van der Waals surface area contributed by atoms with Gasteiger partial charge in [-0.2, -0.15) is 0 Å². The van der Waals surface area contributed by atoms with E-state index in [9.17, 15) is 5.11 Å². The molecule has 3 nitrogen and oxygen atoms in total. The first kappa shape index (κ1) is 10.4. The lowest BCUT2D eigenvalue weighted by Crippen LogP contribution is -2.24. The molecule has 1 N–H and O–H groups in total. The predicted octanol–water partition coefficient (Wildman–Crippen LogP) is 1.69. The highest BCUT2D eigenvalue weighted by Crippen LogP contribution is 2.26. The van der Waals surface area contributed by atoms with Crippen molar-refractivity contribution < 1.29 is 14.6 Å². The minimum Gasteiger partial charge on any atom is -0.393 e. The Morgan fingerprint density at radius 2 is 2.14 bits per heavy atom. The molecule has 3 heteroatoms. The maximum Gasteiger partial charge on any atom is 0.157 e. The fourth-order valence-electron chi connectivity index (χ4n) is 2.29. The smallest absolute Gasteiger partial charge is 0.157 e. The van der Waals surface area contributed by atoms with Gasteiger partial charge in [0.2, 0.25) is 0 Å². The van der Waals surface area contributed by atoms with Crippen LogP contribution in [0.15, 0.2) is 0 Å².